The lowest BCUT2D eigenvalue weighted by molar-refractivity contribution is -0.129. The van der Waals surface area contributed by atoms with Gasteiger partial charge in [-0.15, -0.1) is 0 Å². The Balaban J connectivity index is 1.56. The minimum Gasteiger partial charge on any atom is -0.343 e. The summed E-state index contributed by atoms with van der Waals surface area (Å²) in [6, 6.07) is 8.35. The molecule has 2 heterocycles. The Kier molecular flexibility index (Phi) is 4.10. The van der Waals surface area contributed by atoms with E-state index >= 15 is 0 Å². The van der Waals surface area contributed by atoms with E-state index in [2.05, 4.69) is 15.3 Å². The average Bonchev–Trinajstić information content (AvgIpc) is 2.53. The monoisotopic (exact) mass is 284 g/mol. The maximum atomic E-state index is 11.3. The van der Waals surface area contributed by atoms with Gasteiger partial charge in [0.1, 0.15) is 0 Å². The van der Waals surface area contributed by atoms with Crippen LogP contribution in [-0.2, 0) is 11.3 Å². The topological polar surface area (TPSA) is 58.1 Å². The summed E-state index contributed by atoms with van der Waals surface area (Å²) >= 11 is 0. The van der Waals surface area contributed by atoms with Crippen LogP contribution in [0.4, 0.5) is 0 Å². The minimum atomic E-state index is 0.175. The number of rotatable bonds is 3. The normalized spacial score (nSPS) is 16.3. The van der Waals surface area contributed by atoms with Crippen LogP contribution in [-0.4, -0.2) is 39.9 Å². The second-order valence-corrected chi connectivity index (χ2v) is 5.51. The number of hydrogen-bond donors (Lipinski definition) is 1. The summed E-state index contributed by atoms with van der Waals surface area (Å²) in [4.78, 5) is 22.2. The first-order chi connectivity index (χ1) is 10.2. The minimum absolute atomic E-state index is 0.175. The first-order valence-electron chi connectivity index (χ1n) is 7.42. The van der Waals surface area contributed by atoms with Gasteiger partial charge in [0.15, 0.2) is 0 Å². The third kappa shape index (κ3) is 3.36. The van der Waals surface area contributed by atoms with Gasteiger partial charge in [0, 0.05) is 32.6 Å². The second kappa shape index (κ2) is 6.18. The van der Waals surface area contributed by atoms with Crippen LogP contribution < -0.4 is 5.32 Å². The molecule has 21 heavy (non-hydrogen) atoms. The maximum Gasteiger partial charge on any atom is 0.219 e. The van der Waals surface area contributed by atoms with Crippen LogP contribution in [0.3, 0.4) is 0 Å². The first kappa shape index (κ1) is 13.9. The summed E-state index contributed by atoms with van der Waals surface area (Å²) < 4.78 is 0. The number of hydrogen-bond acceptors (Lipinski definition) is 4. The summed E-state index contributed by atoms with van der Waals surface area (Å²) in [5.74, 6) is 0.175. The number of piperidine rings is 1. The Morgan fingerprint density at radius 3 is 2.71 bits per heavy atom. The zero-order chi connectivity index (χ0) is 14.7. The number of carbonyl (C=O) groups excluding carboxylic acids is 1. The second-order valence-electron chi connectivity index (χ2n) is 5.51. The van der Waals surface area contributed by atoms with E-state index in [1.54, 1.807) is 6.92 Å². The van der Waals surface area contributed by atoms with Gasteiger partial charge in [-0.05, 0) is 25.0 Å². The summed E-state index contributed by atoms with van der Waals surface area (Å²) in [5, 5.41) is 3.52. The molecule has 3 rings (SSSR count). The van der Waals surface area contributed by atoms with E-state index in [4.69, 9.17) is 0 Å². The zero-order valence-electron chi connectivity index (χ0n) is 12.2. The molecule has 0 aliphatic carbocycles. The van der Waals surface area contributed by atoms with Crippen molar-refractivity contribution in [3.63, 3.8) is 0 Å². The van der Waals surface area contributed by atoms with Crippen LogP contribution in [0.1, 0.15) is 25.5 Å². The molecule has 1 aromatic heterocycles. The van der Waals surface area contributed by atoms with E-state index in [9.17, 15) is 4.79 Å². The van der Waals surface area contributed by atoms with Crippen molar-refractivity contribution in [2.24, 2.45) is 0 Å². The number of fused-ring (bicyclic) bond motifs is 1. The van der Waals surface area contributed by atoms with Crippen LogP contribution in [0.15, 0.2) is 30.5 Å². The van der Waals surface area contributed by atoms with E-state index in [1.165, 1.54) is 0 Å². The number of aromatic nitrogens is 2. The van der Waals surface area contributed by atoms with Crippen molar-refractivity contribution in [3.05, 3.63) is 36.2 Å². The standard InChI is InChI=1S/C16H20N4O/c1-12(21)20-8-6-13(7-9-20)17-10-14-11-18-15-4-2-3-5-16(15)19-14/h2-5,11,13,17H,6-10H2,1H3. The highest BCUT2D eigenvalue weighted by molar-refractivity contribution is 5.73. The third-order valence-electron chi connectivity index (χ3n) is 4.01. The first-order valence-corrected chi connectivity index (χ1v) is 7.42. The Hall–Kier alpha value is -2.01. The van der Waals surface area contributed by atoms with Gasteiger partial charge in [-0.1, -0.05) is 12.1 Å². The van der Waals surface area contributed by atoms with Gasteiger partial charge < -0.3 is 10.2 Å². The molecular weight excluding hydrogens is 264 g/mol. The fraction of sp³-hybridized carbons (Fsp3) is 0.438. The molecule has 1 amide bonds. The highest BCUT2D eigenvalue weighted by atomic mass is 16.2. The molecule has 5 heteroatoms. The number of nitrogens with zero attached hydrogens (tertiary/aromatic N) is 3. The number of nitrogens with one attached hydrogen (secondary N) is 1. The number of likely N-dealkylation sites (tertiary alicyclic amines) is 1. The van der Waals surface area contributed by atoms with Crippen molar-refractivity contribution in [1.82, 2.24) is 20.2 Å². The molecule has 110 valence electrons. The van der Waals surface area contributed by atoms with Crippen LogP contribution >= 0.6 is 0 Å². The predicted molar refractivity (Wildman–Crippen MR) is 81.7 cm³/mol. The summed E-state index contributed by atoms with van der Waals surface area (Å²) in [6.07, 6.45) is 3.83. The summed E-state index contributed by atoms with van der Waals surface area (Å²) in [5.41, 5.74) is 2.82. The molecule has 0 atom stereocenters. The molecule has 1 aliphatic heterocycles. The van der Waals surface area contributed by atoms with Crippen LogP contribution in [0, 0.1) is 0 Å². The largest absolute Gasteiger partial charge is 0.343 e. The van der Waals surface area contributed by atoms with E-state index in [-0.39, 0.29) is 5.91 Å². The molecule has 0 saturated carbocycles. The van der Waals surface area contributed by atoms with Crippen molar-refractivity contribution >= 4 is 16.9 Å². The maximum absolute atomic E-state index is 11.3. The SMILES string of the molecule is CC(=O)N1CCC(NCc2cnc3ccccc3n2)CC1. The average molecular weight is 284 g/mol. The van der Waals surface area contributed by atoms with Crippen LogP contribution in [0.2, 0.25) is 0 Å². The highest BCUT2D eigenvalue weighted by Gasteiger charge is 2.20. The predicted octanol–water partition coefficient (Wildman–Crippen LogP) is 1.73. The zero-order valence-corrected chi connectivity index (χ0v) is 12.2. The summed E-state index contributed by atoms with van der Waals surface area (Å²) in [7, 11) is 0. The molecular formula is C16H20N4O. The van der Waals surface area contributed by atoms with Crippen molar-refractivity contribution in [2.75, 3.05) is 13.1 Å². The van der Waals surface area contributed by atoms with Gasteiger partial charge in [-0.2, -0.15) is 0 Å². The van der Waals surface area contributed by atoms with Gasteiger partial charge >= 0.3 is 0 Å². The smallest absolute Gasteiger partial charge is 0.219 e. The van der Waals surface area contributed by atoms with Gasteiger partial charge in [0.2, 0.25) is 5.91 Å². The fourth-order valence-electron chi connectivity index (χ4n) is 2.73. The highest BCUT2D eigenvalue weighted by Crippen LogP contribution is 2.12. The summed E-state index contributed by atoms with van der Waals surface area (Å²) in [6.45, 7) is 4.05. The van der Waals surface area contributed by atoms with Crippen molar-refractivity contribution in [2.45, 2.75) is 32.4 Å². The van der Waals surface area contributed by atoms with E-state index in [1.807, 2.05) is 35.4 Å². The number of amides is 1. The fourth-order valence-corrected chi connectivity index (χ4v) is 2.73. The van der Waals surface area contributed by atoms with E-state index < -0.39 is 0 Å². The Morgan fingerprint density at radius 2 is 2.00 bits per heavy atom. The molecule has 1 fully saturated rings. The molecule has 0 spiro atoms. The van der Waals surface area contributed by atoms with E-state index in [0.717, 1.165) is 49.2 Å². The lowest BCUT2D eigenvalue weighted by atomic mass is 10.1. The van der Waals surface area contributed by atoms with Crippen molar-refractivity contribution < 1.29 is 4.79 Å². The molecule has 2 aromatic rings. The Morgan fingerprint density at radius 1 is 1.29 bits per heavy atom. The lowest BCUT2D eigenvalue weighted by Crippen LogP contribution is -2.44. The van der Waals surface area contributed by atoms with Gasteiger partial charge in [0.25, 0.3) is 0 Å². The molecule has 0 radical (unpaired) electrons. The molecule has 0 bridgehead atoms. The van der Waals surface area contributed by atoms with Gasteiger partial charge in [0.05, 0.1) is 22.9 Å². The van der Waals surface area contributed by atoms with Crippen LogP contribution in [0.5, 0.6) is 0 Å². The molecule has 1 aliphatic rings. The number of benzene rings is 1. The molecule has 1 aromatic carbocycles. The Bertz CT molecular complexity index is 635. The van der Waals surface area contributed by atoms with Gasteiger partial charge in [-0.25, -0.2) is 4.98 Å². The van der Waals surface area contributed by atoms with Crippen molar-refractivity contribution in [3.8, 4) is 0 Å². The molecule has 1 N–H and O–H groups in total. The van der Waals surface area contributed by atoms with Gasteiger partial charge in [-0.3, -0.25) is 9.78 Å². The molecule has 1 saturated heterocycles. The quantitative estimate of drug-likeness (QED) is 0.932. The number of para-hydroxylation sites is 2. The van der Waals surface area contributed by atoms with Crippen LogP contribution in [0.25, 0.3) is 11.0 Å². The lowest BCUT2D eigenvalue weighted by Gasteiger charge is -2.31. The third-order valence-corrected chi connectivity index (χ3v) is 4.01. The Labute approximate surface area is 124 Å². The molecule has 0 unspecified atom stereocenters. The van der Waals surface area contributed by atoms with E-state index in [0.29, 0.717) is 6.04 Å². The van der Waals surface area contributed by atoms with Crippen molar-refractivity contribution in [1.29, 1.82) is 0 Å². The number of carbonyl (C=O) groups is 1. The molecule has 5 nitrogen and oxygen atoms in total.